The number of hydrogen-bond acceptors (Lipinski definition) is 3. The monoisotopic (exact) mass is 341 g/mol. The molecule has 1 aliphatic carbocycles. The van der Waals surface area contributed by atoms with Gasteiger partial charge in [-0.1, -0.05) is 12.1 Å². The first-order valence-electron chi connectivity index (χ1n) is 6.43. The number of hydrogen-bond donors (Lipinski definition) is 2. The highest BCUT2D eigenvalue weighted by Gasteiger charge is 2.38. The Bertz CT molecular complexity index is 516. The van der Waals surface area contributed by atoms with Gasteiger partial charge in [0.1, 0.15) is 11.8 Å². The zero-order chi connectivity index (χ0) is 14.7. The van der Waals surface area contributed by atoms with Crippen molar-refractivity contribution in [3.8, 4) is 5.75 Å². The van der Waals surface area contributed by atoms with Crippen LogP contribution in [0.3, 0.4) is 0 Å². The van der Waals surface area contributed by atoms with Crippen LogP contribution in [0.15, 0.2) is 28.7 Å². The number of amides is 1. The van der Waals surface area contributed by atoms with Gasteiger partial charge in [-0.15, -0.1) is 0 Å². The van der Waals surface area contributed by atoms with E-state index in [1.54, 1.807) is 19.1 Å². The molecule has 20 heavy (non-hydrogen) atoms. The molecule has 1 fully saturated rings. The lowest BCUT2D eigenvalue weighted by Gasteiger charge is -2.19. The summed E-state index contributed by atoms with van der Waals surface area (Å²) in [6.45, 7) is 1.60. The van der Waals surface area contributed by atoms with Crippen molar-refractivity contribution in [1.29, 1.82) is 0 Å². The van der Waals surface area contributed by atoms with Crippen molar-refractivity contribution in [3.63, 3.8) is 0 Å². The predicted octanol–water partition coefficient (Wildman–Crippen LogP) is 2.20. The fraction of sp³-hybridized carbons (Fsp3) is 0.429. The summed E-state index contributed by atoms with van der Waals surface area (Å²) in [6.07, 6.45) is 0.933. The van der Waals surface area contributed by atoms with Crippen LogP contribution in [0.1, 0.15) is 19.8 Å². The lowest BCUT2D eigenvalue weighted by molar-refractivity contribution is -0.143. The largest absolute Gasteiger partial charge is 0.480 e. The summed E-state index contributed by atoms with van der Waals surface area (Å²) in [7, 11) is 0. The van der Waals surface area contributed by atoms with Gasteiger partial charge in [-0.2, -0.15) is 0 Å². The van der Waals surface area contributed by atoms with Crippen molar-refractivity contribution in [1.82, 2.24) is 5.32 Å². The molecular formula is C14H16BrNO4. The van der Waals surface area contributed by atoms with E-state index < -0.39 is 24.0 Å². The molecule has 1 aromatic rings. The number of aliphatic carboxylic acids is 1. The standard InChI is InChI=1S/C14H16BrNO4/c1-8(20-11-5-3-2-4-10(11)15)13(17)16-12(14(18)19)9-6-7-9/h2-5,8-9,12H,6-7H2,1H3,(H,16,17)(H,18,19). The first-order chi connectivity index (χ1) is 9.49. The molecule has 2 atom stereocenters. The molecule has 2 N–H and O–H groups in total. The van der Waals surface area contributed by atoms with Gasteiger partial charge in [-0.25, -0.2) is 4.79 Å². The second-order valence-electron chi connectivity index (χ2n) is 4.85. The van der Waals surface area contributed by atoms with E-state index in [9.17, 15) is 9.59 Å². The van der Waals surface area contributed by atoms with E-state index in [1.165, 1.54) is 0 Å². The first-order valence-corrected chi connectivity index (χ1v) is 7.22. The maximum absolute atomic E-state index is 12.0. The lowest BCUT2D eigenvalue weighted by atomic mass is 10.2. The second kappa shape index (κ2) is 6.26. The molecule has 1 aromatic carbocycles. The molecule has 1 aliphatic rings. The molecule has 0 aromatic heterocycles. The number of halogens is 1. The summed E-state index contributed by atoms with van der Waals surface area (Å²) in [5.41, 5.74) is 0. The third-order valence-corrected chi connectivity index (χ3v) is 3.82. The summed E-state index contributed by atoms with van der Waals surface area (Å²) in [5.74, 6) is -0.811. The number of carboxylic acids is 1. The van der Waals surface area contributed by atoms with E-state index in [0.717, 1.165) is 17.3 Å². The topological polar surface area (TPSA) is 75.6 Å². The quantitative estimate of drug-likeness (QED) is 0.831. The van der Waals surface area contributed by atoms with Crippen LogP contribution in [0.5, 0.6) is 5.75 Å². The number of benzene rings is 1. The molecule has 108 valence electrons. The van der Waals surface area contributed by atoms with Crippen LogP contribution in [0.2, 0.25) is 0 Å². The van der Waals surface area contributed by atoms with Crippen LogP contribution in [0.4, 0.5) is 0 Å². The summed E-state index contributed by atoms with van der Waals surface area (Å²) in [6, 6.07) is 6.38. The zero-order valence-corrected chi connectivity index (χ0v) is 12.6. The van der Waals surface area contributed by atoms with Gasteiger partial charge in [0.05, 0.1) is 4.47 Å². The number of nitrogens with one attached hydrogen (secondary N) is 1. The Morgan fingerprint density at radius 1 is 1.40 bits per heavy atom. The van der Waals surface area contributed by atoms with Gasteiger partial charge in [-0.3, -0.25) is 4.79 Å². The molecule has 2 rings (SSSR count). The molecule has 1 amide bonds. The molecule has 0 aliphatic heterocycles. The number of carboxylic acid groups (broad SMARTS) is 1. The van der Waals surface area contributed by atoms with Crippen LogP contribution in [0, 0.1) is 5.92 Å². The van der Waals surface area contributed by atoms with Crippen LogP contribution in [-0.2, 0) is 9.59 Å². The van der Waals surface area contributed by atoms with Crippen molar-refractivity contribution < 1.29 is 19.4 Å². The Kier molecular flexibility index (Phi) is 4.65. The first kappa shape index (κ1) is 14.8. The van der Waals surface area contributed by atoms with E-state index in [2.05, 4.69) is 21.2 Å². The minimum absolute atomic E-state index is 0.0483. The minimum Gasteiger partial charge on any atom is -0.480 e. The Balaban J connectivity index is 1.95. The highest BCUT2D eigenvalue weighted by atomic mass is 79.9. The van der Waals surface area contributed by atoms with E-state index >= 15 is 0 Å². The number of carbonyl (C=O) groups is 2. The normalized spacial score (nSPS) is 17.1. The average molecular weight is 342 g/mol. The molecule has 2 unspecified atom stereocenters. The summed E-state index contributed by atoms with van der Waals surface area (Å²) >= 11 is 3.33. The summed E-state index contributed by atoms with van der Waals surface area (Å²) < 4.78 is 6.28. The fourth-order valence-corrected chi connectivity index (χ4v) is 2.24. The van der Waals surface area contributed by atoms with E-state index in [4.69, 9.17) is 9.84 Å². The molecule has 0 spiro atoms. The predicted molar refractivity (Wildman–Crippen MR) is 76.5 cm³/mol. The van der Waals surface area contributed by atoms with Crippen molar-refractivity contribution in [2.24, 2.45) is 5.92 Å². The third-order valence-electron chi connectivity index (χ3n) is 3.17. The van der Waals surface area contributed by atoms with Gasteiger partial charge in [0.15, 0.2) is 6.10 Å². The van der Waals surface area contributed by atoms with Gasteiger partial charge < -0.3 is 15.2 Å². The SMILES string of the molecule is CC(Oc1ccccc1Br)C(=O)NC(C(=O)O)C1CC1. The molecule has 0 bridgehead atoms. The summed E-state index contributed by atoms with van der Waals surface area (Å²) in [4.78, 5) is 23.1. The number of carbonyl (C=O) groups excluding carboxylic acids is 1. The van der Waals surface area contributed by atoms with E-state index in [0.29, 0.717) is 5.75 Å². The minimum atomic E-state index is -0.992. The van der Waals surface area contributed by atoms with Gasteiger partial charge in [0.25, 0.3) is 5.91 Å². The highest BCUT2D eigenvalue weighted by Crippen LogP contribution is 2.33. The van der Waals surface area contributed by atoms with Crippen molar-refractivity contribution >= 4 is 27.8 Å². The van der Waals surface area contributed by atoms with Gasteiger partial charge in [0, 0.05) is 0 Å². The smallest absolute Gasteiger partial charge is 0.326 e. The van der Waals surface area contributed by atoms with Crippen molar-refractivity contribution in [2.45, 2.75) is 31.9 Å². The van der Waals surface area contributed by atoms with Gasteiger partial charge in [-0.05, 0) is 53.7 Å². The molecule has 5 nitrogen and oxygen atoms in total. The maximum Gasteiger partial charge on any atom is 0.326 e. The van der Waals surface area contributed by atoms with Crippen LogP contribution in [-0.4, -0.2) is 29.1 Å². The molecular weight excluding hydrogens is 326 g/mol. The lowest BCUT2D eigenvalue weighted by Crippen LogP contribution is -2.47. The molecule has 0 radical (unpaired) electrons. The van der Waals surface area contributed by atoms with Crippen molar-refractivity contribution in [2.75, 3.05) is 0 Å². The number of ether oxygens (including phenoxy) is 1. The highest BCUT2D eigenvalue weighted by molar-refractivity contribution is 9.10. The van der Waals surface area contributed by atoms with Crippen LogP contribution in [0.25, 0.3) is 0 Å². The Morgan fingerprint density at radius 3 is 2.60 bits per heavy atom. The second-order valence-corrected chi connectivity index (χ2v) is 5.71. The van der Waals surface area contributed by atoms with Crippen LogP contribution < -0.4 is 10.1 Å². The van der Waals surface area contributed by atoms with Gasteiger partial charge in [0.2, 0.25) is 0 Å². The molecule has 0 saturated heterocycles. The molecule has 1 saturated carbocycles. The Labute approximate surface area is 125 Å². The van der Waals surface area contributed by atoms with Crippen LogP contribution >= 0.6 is 15.9 Å². The van der Waals surface area contributed by atoms with Gasteiger partial charge >= 0.3 is 5.97 Å². The number of para-hydroxylation sites is 1. The molecule has 6 heteroatoms. The number of rotatable bonds is 6. The Morgan fingerprint density at radius 2 is 2.05 bits per heavy atom. The maximum atomic E-state index is 12.0. The zero-order valence-electron chi connectivity index (χ0n) is 11.0. The fourth-order valence-electron chi connectivity index (χ4n) is 1.87. The molecule has 0 heterocycles. The Hall–Kier alpha value is -1.56. The van der Waals surface area contributed by atoms with E-state index in [1.807, 2.05) is 12.1 Å². The van der Waals surface area contributed by atoms with E-state index in [-0.39, 0.29) is 5.92 Å². The third kappa shape index (κ3) is 3.72. The average Bonchev–Trinajstić information content (AvgIpc) is 3.22. The van der Waals surface area contributed by atoms with Crippen molar-refractivity contribution in [3.05, 3.63) is 28.7 Å². The summed E-state index contributed by atoms with van der Waals surface area (Å²) in [5, 5.41) is 11.6.